The third-order valence-corrected chi connectivity index (χ3v) is 9.79. The maximum Gasteiger partial charge on any atom is 0.158 e. The maximum atomic E-state index is 10.9. The predicted octanol–water partition coefficient (Wildman–Crippen LogP) is 1.99. The molecule has 0 spiro atoms. The topological polar surface area (TPSA) is 58.9 Å². The molecular weight excluding hydrogens is 304 g/mol. The number of aliphatic hydroxyl groups is 2. The second kappa shape index (κ2) is 4.39. The van der Waals surface area contributed by atoms with Gasteiger partial charge in [-0.3, -0.25) is 0 Å². The summed E-state index contributed by atoms with van der Waals surface area (Å²) in [6.45, 7) is 0. The van der Waals surface area contributed by atoms with Crippen molar-refractivity contribution in [2.24, 2.45) is 59.2 Å². The van der Waals surface area contributed by atoms with Crippen molar-refractivity contribution in [3.63, 3.8) is 0 Å². The van der Waals surface area contributed by atoms with E-state index in [0.29, 0.717) is 23.7 Å². The van der Waals surface area contributed by atoms with Crippen LogP contribution in [0.15, 0.2) is 0 Å². The van der Waals surface area contributed by atoms with Crippen molar-refractivity contribution in [1.29, 1.82) is 0 Å². The monoisotopic (exact) mass is 332 g/mol. The quantitative estimate of drug-likeness (QED) is 0.712. The standard InChI is InChI=1S/C20H28O4/c21-19-17-15-9(5-7-1-3-11(23-19)13(7)15)10-6-8-2-4-12-14(8)16(10)18(17)20(22)24-12/h7-22H,1-6H2/t7-,8-,9-,10+,11-,12-,13+,14+,15+,16-,17-,18-,19+,20-/m1/s1. The fourth-order valence-corrected chi connectivity index (χ4v) is 9.53. The lowest BCUT2D eigenvalue weighted by Gasteiger charge is -2.58. The number of aliphatic hydroxyl groups excluding tert-OH is 2. The highest BCUT2D eigenvalue weighted by Crippen LogP contribution is 2.72. The summed E-state index contributed by atoms with van der Waals surface area (Å²) < 4.78 is 12.2. The van der Waals surface area contributed by atoms with E-state index >= 15 is 0 Å². The normalized spacial score (nSPS) is 71.2. The number of ether oxygens (including phenoxy) is 2. The summed E-state index contributed by atoms with van der Waals surface area (Å²) >= 11 is 0. The van der Waals surface area contributed by atoms with Crippen LogP contribution in [0.5, 0.6) is 0 Å². The van der Waals surface area contributed by atoms with Crippen LogP contribution in [0, 0.1) is 59.2 Å². The Hall–Kier alpha value is -0.160. The van der Waals surface area contributed by atoms with Crippen LogP contribution in [-0.4, -0.2) is 35.0 Å². The summed E-state index contributed by atoms with van der Waals surface area (Å²) in [5.41, 5.74) is 0. The smallest absolute Gasteiger partial charge is 0.158 e. The maximum absolute atomic E-state index is 10.9. The van der Waals surface area contributed by atoms with Gasteiger partial charge in [0.2, 0.25) is 0 Å². The Morgan fingerprint density at radius 2 is 1.00 bits per heavy atom. The molecule has 24 heavy (non-hydrogen) atoms. The zero-order valence-electron chi connectivity index (χ0n) is 14.0. The fourth-order valence-electron chi connectivity index (χ4n) is 9.53. The van der Waals surface area contributed by atoms with E-state index < -0.39 is 12.6 Å². The zero-order valence-corrected chi connectivity index (χ0v) is 14.0. The summed E-state index contributed by atoms with van der Waals surface area (Å²) in [4.78, 5) is 0. The summed E-state index contributed by atoms with van der Waals surface area (Å²) in [6.07, 6.45) is 6.78. The second-order valence-corrected chi connectivity index (χ2v) is 10.1. The molecule has 5 saturated carbocycles. The van der Waals surface area contributed by atoms with Crippen LogP contribution in [0.25, 0.3) is 0 Å². The summed E-state index contributed by atoms with van der Waals surface area (Å²) in [5.74, 6) is 5.85. The second-order valence-electron chi connectivity index (χ2n) is 10.1. The summed E-state index contributed by atoms with van der Waals surface area (Å²) in [7, 11) is 0. The van der Waals surface area contributed by atoms with Gasteiger partial charge in [-0.2, -0.15) is 0 Å². The van der Waals surface area contributed by atoms with Crippen molar-refractivity contribution in [3.8, 4) is 0 Å². The molecular formula is C20H28O4. The molecule has 5 aliphatic carbocycles. The van der Waals surface area contributed by atoms with Crippen LogP contribution in [0.2, 0.25) is 0 Å². The lowest BCUT2D eigenvalue weighted by Crippen LogP contribution is -2.61. The Morgan fingerprint density at radius 1 is 0.542 bits per heavy atom. The minimum absolute atomic E-state index is 0.107. The van der Waals surface area contributed by atoms with Gasteiger partial charge in [0.25, 0.3) is 0 Å². The number of fused-ring (bicyclic) bond motifs is 2. The third kappa shape index (κ3) is 1.42. The number of hydrogen-bond donors (Lipinski definition) is 2. The Labute approximate surface area is 142 Å². The Bertz CT molecular complexity index is 530. The van der Waals surface area contributed by atoms with Gasteiger partial charge in [-0.25, -0.2) is 0 Å². The number of rotatable bonds is 0. The van der Waals surface area contributed by atoms with Crippen molar-refractivity contribution >= 4 is 0 Å². The molecule has 4 nitrogen and oxygen atoms in total. The van der Waals surface area contributed by atoms with Gasteiger partial charge in [0.05, 0.1) is 12.2 Å². The largest absolute Gasteiger partial charge is 0.368 e. The molecule has 0 amide bonds. The molecule has 2 aliphatic heterocycles. The summed E-state index contributed by atoms with van der Waals surface area (Å²) in [5, 5.41) is 21.8. The molecule has 0 aromatic carbocycles. The molecule has 2 heterocycles. The van der Waals surface area contributed by atoms with Gasteiger partial charge in [-0.15, -0.1) is 0 Å². The van der Waals surface area contributed by atoms with E-state index in [2.05, 4.69) is 0 Å². The molecule has 2 N–H and O–H groups in total. The van der Waals surface area contributed by atoms with Gasteiger partial charge in [0, 0.05) is 11.8 Å². The first kappa shape index (κ1) is 14.0. The molecule has 7 fully saturated rings. The number of hydrogen-bond acceptors (Lipinski definition) is 4. The first-order valence-electron chi connectivity index (χ1n) is 10.4. The van der Waals surface area contributed by atoms with Gasteiger partial charge in [-0.05, 0) is 85.9 Å². The fraction of sp³-hybridized carbons (Fsp3) is 1.00. The van der Waals surface area contributed by atoms with Crippen molar-refractivity contribution in [3.05, 3.63) is 0 Å². The van der Waals surface area contributed by atoms with Crippen LogP contribution >= 0.6 is 0 Å². The van der Waals surface area contributed by atoms with E-state index in [0.717, 1.165) is 36.5 Å². The predicted molar refractivity (Wildman–Crippen MR) is 84.4 cm³/mol. The molecule has 0 bridgehead atoms. The minimum Gasteiger partial charge on any atom is -0.368 e. The highest BCUT2D eigenvalue weighted by Gasteiger charge is 2.71. The molecule has 0 aromatic rings. The lowest BCUT2D eigenvalue weighted by molar-refractivity contribution is -0.317. The highest BCUT2D eigenvalue weighted by atomic mass is 16.6. The van der Waals surface area contributed by atoms with E-state index in [-0.39, 0.29) is 24.0 Å². The Balaban J connectivity index is 1.38. The van der Waals surface area contributed by atoms with Crippen LogP contribution in [0.3, 0.4) is 0 Å². The average Bonchev–Trinajstić information content (AvgIpc) is 3.27. The van der Waals surface area contributed by atoms with Crippen molar-refractivity contribution in [1.82, 2.24) is 0 Å². The van der Waals surface area contributed by atoms with E-state index in [4.69, 9.17) is 9.47 Å². The van der Waals surface area contributed by atoms with E-state index in [1.165, 1.54) is 25.7 Å². The lowest BCUT2D eigenvalue weighted by atomic mass is 9.53. The molecule has 0 unspecified atom stereocenters. The van der Waals surface area contributed by atoms with E-state index in [9.17, 15) is 10.2 Å². The average molecular weight is 332 g/mol. The first-order valence-corrected chi connectivity index (χ1v) is 10.4. The van der Waals surface area contributed by atoms with Crippen molar-refractivity contribution in [2.45, 2.75) is 63.3 Å². The minimum atomic E-state index is -0.684. The van der Waals surface area contributed by atoms with Crippen LogP contribution < -0.4 is 0 Å². The van der Waals surface area contributed by atoms with Crippen LogP contribution in [0.1, 0.15) is 38.5 Å². The molecule has 7 aliphatic rings. The van der Waals surface area contributed by atoms with Gasteiger partial charge in [-0.1, -0.05) is 0 Å². The Kier molecular flexibility index (Phi) is 2.55. The van der Waals surface area contributed by atoms with Gasteiger partial charge < -0.3 is 19.7 Å². The van der Waals surface area contributed by atoms with Crippen LogP contribution in [-0.2, 0) is 9.47 Å². The molecule has 7 rings (SSSR count). The molecule has 4 heteroatoms. The van der Waals surface area contributed by atoms with Crippen LogP contribution in [0.4, 0.5) is 0 Å². The van der Waals surface area contributed by atoms with Gasteiger partial charge in [0.1, 0.15) is 0 Å². The molecule has 132 valence electrons. The molecule has 2 saturated heterocycles. The Morgan fingerprint density at radius 3 is 1.46 bits per heavy atom. The van der Waals surface area contributed by atoms with Crippen molar-refractivity contribution < 1.29 is 19.7 Å². The van der Waals surface area contributed by atoms with E-state index in [1.807, 2.05) is 0 Å². The van der Waals surface area contributed by atoms with E-state index in [1.54, 1.807) is 0 Å². The SMILES string of the molecule is O[C@@H]1O[C@@H]2CC[C@@H]3C[C@H]4[C@H]5C[C@H]6CC[C@H]7O[C@H](O)[C@H]([C@@H]5[C@@H]67)[C@H]1[C@H]4[C@@H]32. The van der Waals surface area contributed by atoms with Gasteiger partial charge >= 0.3 is 0 Å². The highest BCUT2D eigenvalue weighted by molar-refractivity contribution is 5.16. The third-order valence-electron chi connectivity index (χ3n) is 9.79. The summed E-state index contributed by atoms with van der Waals surface area (Å²) in [6, 6.07) is 0. The molecule has 0 aromatic heterocycles. The zero-order chi connectivity index (χ0) is 15.7. The van der Waals surface area contributed by atoms with Gasteiger partial charge in [0.15, 0.2) is 12.6 Å². The first-order chi connectivity index (χ1) is 11.7. The molecule has 14 atom stereocenters. The van der Waals surface area contributed by atoms with Crippen molar-refractivity contribution in [2.75, 3.05) is 0 Å². The molecule has 0 radical (unpaired) electrons.